The maximum Gasteiger partial charge on any atom is 0.180 e. The van der Waals surface area contributed by atoms with Crippen molar-refractivity contribution in [2.24, 2.45) is 0 Å². The van der Waals surface area contributed by atoms with Crippen molar-refractivity contribution in [3.05, 3.63) is 29.3 Å². The summed E-state index contributed by atoms with van der Waals surface area (Å²) in [5.41, 5.74) is 1.84. The number of hydrogen-bond acceptors (Lipinski definition) is 3. The van der Waals surface area contributed by atoms with Crippen molar-refractivity contribution in [3.8, 4) is 0 Å². The maximum absolute atomic E-state index is 12.4. The SMILES string of the molecule is Cc1ccc(C)c(S(=O)(=O)CC2CCCCN2)c1. The molecule has 18 heavy (non-hydrogen) atoms. The molecular formula is C14H21NO2S. The van der Waals surface area contributed by atoms with E-state index in [2.05, 4.69) is 5.32 Å². The lowest BCUT2D eigenvalue weighted by atomic mass is 10.1. The van der Waals surface area contributed by atoms with E-state index in [0.717, 1.165) is 36.9 Å². The second kappa shape index (κ2) is 5.41. The highest BCUT2D eigenvalue weighted by atomic mass is 32.2. The van der Waals surface area contributed by atoms with Gasteiger partial charge in [0, 0.05) is 6.04 Å². The van der Waals surface area contributed by atoms with Crippen molar-refractivity contribution in [2.75, 3.05) is 12.3 Å². The smallest absolute Gasteiger partial charge is 0.180 e. The zero-order valence-corrected chi connectivity index (χ0v) is 11.9. The minimum absolute atomic E-state index is 0.115. The number of piperidine rings is 1. The Bertz CT molecular complexity index is 517. The maximum atomic E-state index is 12.4. The van der Waals surface area contributed by atoms with Crippen LogP contribution in [0.25, 0.3) is 0 Å². The summed E-state index contributed by atoms with van der Waals surface area (Å²) < 4.78 is 24.9. The van der Waals surface area contributed by atoms with Crippen molar-refractivity contribution < 1.29 is 8.42 Å². The standard InChI is InChI=1S/C14H21NO2S/c1-11-6-7-12(2)14(9-11)18(16,17)10-13-5-3-4-8-15-13/h6-7,9,13,15H,3-5,8,10H2,1-2H3. The van der Waals surface area contributed by atoms with Crippen LogP contribution in [0.1, 0.15) is 30.4 Å². The number of benzene rings is 1. The number of rotatable bonds is 3. The van der Waals surface area contributed by atoms with Gasteiger partial charge in [-0.25, -0.2) is 8.42 Å². The highest BCUT2D eigenvalue weighted by Crippen LogP contribution is 2.20. The first-order valence-electron chi connectivity index (χ1n) is 6.52. The molecule has 1 aromatic rings. The van der Waals surface area contributed by atoms with Gasteiger partial charge in [0.05, 0.1) is 10.6 Å². The van der Waals surface area contributed by atoms with Crippen LogP contribution in [0, 0.1) is 13.8 Å². The molecule has 1 heterocycles. The van der Waals surface area contributed by atoms with Gasteiger partial charge in [-0.05, 0) is 50.4 Å². The van der Waals surface area contributed by atoms with Crippen molar-refractivity contribution in [2.45, 2.75) is 44.0 Å². The van der Waals surface area contributed by atoms with Crippen LogP contribution in [0.2, 0.25) is 0 Å². The fraction of sp³-hybridized carbons (Fsp3) is 0.571. The van der Waals surface area contributed by atoms with Gasteiger partial charge in [-0.1, -0.05) is 18.6 Å². The van der Waals surface area contributed by atoms with Gasteiger partial charge in [-0.15, -0.1) is 0 Å². The molecular weight excluding hydrogens is 246 g/mol. The van der Waals surface area contributed by atoms with Crippen LogP contribution >= 0.6 is 0 Å². The van der Waals surface area contributed by atoms with E-state index in [-0.39, 0.29) is 11.8 Å². The van der Waals surface area contributed by atoms with Gasteiger partial charge >= 0.3 is 0 Å². The molecule has 0 radical (unpaired) electrons. The lowest BCUT2D eigenvalue weighted by molar-refractivity contribution is 0.423. The average Bonchev–Trinajstić information content (AvgIpc) is 2.33. The molecule has 1 fully saturated rings. The molecule has 1 unspecified atom stereocenters. The van der Waals surface area contributed by atoms with Crippen molar-refractivity contribution in [1.29, 1.82) is 0 Å². The van der Waals surface area contributed by atoms with Gasteiger partial charge in [-0.3, -0.25) is 0 Å². The van der Waals surface area contributed by atoms with E-state index in [1.807, 2.05) is 26.0 Å². The lowest BCUT2D eigenvalue weighted by Gasteiger charge is -2.23. The fourth-order valence-corrected chi connectivity index (χ4v) is 4.38. The quantitative estimate of drug-likeness (QED) is 0.913. The van der Waals surface area contributed by atoms with Crippen LogP contribution in [-0.4, -0.2) is 26.8 Å². The zero-order valence-electron chi connectivity index (χ0n) is 11.1. The van der Waals surface area contributed by atoms with E-state index >= 15 is 0 Å². The summed E-state index contributed by atoms with van der Waals surface area (Å²) in [5.74, 6) is 0.220. The second-order valence-electron chi connectivity index (χ2n) is 5.20. The molecule has 1 N–H and O–H groups in total. The lowest BCUT2D eigenvalue weighted by Crippen LogP contribution is -2.39. The van der Waals surface area contributed by atoms with E-state index in [1.165, 1.54) is 0 Å². The third-order valence-electron chi connectivity index (χ3n) is 3.51. The van der Waals surface area contributed by atoms with Crippen LogP contribution in [0.15, 0.2) is 23.1 Å². The summed E-state index contributed by atoms with van der Waals surface area (Å²) in [7, 11) is -3.18. The minimum Gasteiger partial charge on any atom is -0.313 e. The third kappa shape index (κ3) is 3.12. The van der Waals surface area contributed by atoms with E-state index < -0.39 is 9.84 Å². The number of aryl methyl sites for hydroxylation is 2. The number of nitrogens with one attached hydrogen (secondary N) is 1. The Morgan fingerprint density at radius 2 is 2.06 bits per heavy atom. The Morgan fingerprint density at radius 1 is 1.28 bits per heavy atom. The van der Waals surface area contributed by atoms with Crippen LogP contribution in [-0.2, 0) is 9.84 Å². The van der Waals surface area contributed by atoms with Crippen LogP contribution in [0.4, 0.5) is 0 Å². The molecule has 100 valence electrons. The Morgan fingerprint density at radius 3 is 2.72 bits per heavy atom. The highest BCUT2D eigenvalue weighted by molar-refractivity contribution is 7.91. The number of sulfone groups is 1. The molecule has 0 aromatic heterocycles. The van der Waals surface area contributed by atoms with Gasteiger partial charge in [0.15, 0.2) is 9.84 Å². The van der Waals surface area contributed by atoms with Crippen LogP contribution in [0.5, 0.6) is 0 Å². The Labute approximate surface area is 110 Å². The zero-order chi connectivity index (χ0) is 13.2. The van der Waals surface area contributed by atoms with Gasteiger partial charge in [0.25, 0.3) is 0 Å². The van der Waals surface area contributed by atoms with Gasteiger partial charge < -0.3 is 5.32 Å². The Kier molecular flexibility index (Phi) is 4.07. The molecule has 1 aliphatic rings. The molecule has 1 atom stereocenters. The van der Waals surface area contributed by atoms with Crippen molar-refractivity contribution in [1.82, 2.24) is 5.32 Å². The largest absolute Gasteiger partial charge is 0.313 e. The molecule has 1 aromatic carbocycles. The van der Waals surface area contributed by atoms with Crippen LogP contribution < -0.4 is 5.32 Å². The topological polar surface area (TPSA) is 46.2 Å². The summed E-state index contributed by atoms with van der Waals surface area (Å²) in [6, 6.07) is 5.74. The Hall–Kier alpha value is -0.870. The fourth-order valence-electron chi connectivity index (χ4n) is 2.46. The summed E-state index contributed by atoms with van der Waals surface area (Å²) >= 11 is 0. The van der Waals surface area contributed by atoms with Crippen LogP contribution in [0.3, 0.4) is 0 Å². The summed E-state index contributed by atoms with van der Waals surface area (Å²) in [5, 5.41) is 3.30. The van der Waals surface area contributed by atoms with Crippen molar-refractivity contribution in [3.63, 3.8) is 0 Å². The predicted molar refractivity (Wildman–Crippen MR) is 73.6 cm³/mol. The molecule has 0 saturated carbocycles. The van der Waals surface area contributed by atoms with Crippen molar-refractivity contribution >= 4 is 9.84 Å². The molecule has 0 aliphatic carbocycles. The van der Waals surface area contributed by atoms with E-state index in [1.54, 1.807) is 6.07 Å². The van der Waals surface area contributed by atoms with Gasteiger partial charge in [0.1, 0.15) is 0 Å². The molecule has 2 rings (SSSR count). The summed E-state index contributed by atoms with van der Waals surface area (Å²) in [6.07, 6.45) is 3.24. The molecule has 3 nitrogen and oxygen atoms in total. The second-order valence-corrected chi connectivity index (χ2v) is 7.20. The number of hydrogen-bond donors (Lipinski definition) is 1. The molecule has 1 aliphatic heterocycles. The monoisotopic (exact) mass is 267 g/mol. The van der Waals surface area contributed by atoms with Gasteiger partial charge in [-0.2, -0.15) is 0 Å². The normalized spacial score (nSPS) is 20.9. The van der Waals surface area contributed by atoms with E-state index in [9.17, 15) is 8.42 Å². The summed E-state index contributed by atoms with van der Waals surface area (Å²) in [4.78, 5) is 0.495. The first kappa shape index (κ1) is 13.6. The third-order valence-corrected chi connectivity index (χ3v) is 5.46. The van der Waals surface area contributed by atoms with Gasteiger partial charge in [0.2, 0.25) is 0 Å². The first-order chi connectivity index (χ1) is 8.49. The Balaban J connectivity index is 2.21. The van der Waals surface area contributed by atoms with E-state index in [0.29, 0.717) is 4.90 Å². The molecule has 4 heteroatoms. The summed E-state index contributed by atoms with van der Waals surface area (Å²) in [6.45, 7) is 4.73. The molecule has 1 saturated heterocycles. The molecule has 0 bridgehead atoms. The molecule has 0 spiro atoms. The molecule has 0 amide bonds. The predicted octanol–water partition coefficient (Wildman–Crippen LogP) is 2.22. The first-order valence-corrected chi connectivity index (χ1v) is 8.18. The average molecular weight is 267 g/mol. The minimum atomic E-state index is -3.18. The highest BCUT2D eigenvalue weighted by Gasteiger charge is 2.23. The van der Waals surface area contributed by atoms with E-state index in [4.69, 9.17) is 0 Å².